The van der Waals surface area contributed by atoms with Crippen molar-refractivity contribution >= 4 is 29.0 Å². The number of aromatic nitrogens is 1. The maximum atomic E-state index is 12.1. The van der Waals surface area contributed by atoms with Crippen LogP contribution in [-0.2, 0) is 0 Å². The largest absolute Gasteiger partial charge is 0.370 e. The molecule has 0 saturated heterocycles. The molecule has 2 rings (SSSR count). The summed E-state index contributed by atoms with van der Waals surface area (Å²) in [5.74, 6) is 0.307. The molecule has 2 aromatic rings. The Morgan fingerprint density at radius 3 is 2.63 bits per heavy atom. The van der Waals surface area contributed by atoms with E-state index in [-0.39, 0.29) is 11.6 Å². The number of rotatable bonds is 4. The summed E-state index contributed by atoms with van der Waals surface area (Å²) in [6.07, 6.45) is 0. The normalized spacial score (nSPS) is 10.0. The molecule has 0 bridgehead atoms. The highest BCUT2D eigenvalue weighted by atomic mass is 35.5. The second kappa shape index (κ2) is 6.20. The minimum absolute atomic E-state index is 0.212. The zero-order chi connectivity index (χ0) is 13.7. The van der Waals surface area contributed by atoms with E-state index in [2.05, 4.69) is 15.6 Å². The summed E-state index contributed by atoms with van der Waals surface area (Å²) in [5, 5.41) is 6.13. The Hall–Kier alpha value is -2.07. The molecule has 98 valence electrons. The zero-order valence-corrected chi connectivity index (χ0v) is 11.2. The molecule has 0 aliphatic carbocycles. The second-order valence-corrected chi connectivity index (χ2v) is 4.28. The number of nitrogens with one attached hydrogen (secondary N) is 2. The van der Waals surface area contributed by atoms with Crippen LogP contribution in [0.1, 0.15) is 17.4 Å². The first-order chi connectivity index (χ1) is 9.20. The van der Waals surface area contributed by atoms with Gasteiger partial charge in [-0.1, -0.05) is 29.8 Å². The van der Waals surface area contributed by atoms with Gasteiger partial charge in [-0.15, -0.1) is 0 Å². The molecule has 1 heterocycles. The Bertz CT molecular complexity index is 572. The molecule has 4 nitrogen and oxygen atoms in total. The van der Waals surface area contributed by atoms with E-state index < -0.39 is 0 Å². The molecule has 0 radical (unpaired) electrons. The molecule has 1 aromatic carbocycles. The maximum absolute atomic E-state index is 12.1. The van der Waals surface area contributed by atoms with Gasteiger partial charge in [0.1, 0.15) is 11.5 Å². The summed E-state index contributed by atoms with van der Waals surface area (Å²) in [4.78, 5) is 16.3. The highest BCUT2D eigenvalue weighted by molar-refractivity contribution is 6.34. The number of halogens is 1. The van der Waals surface area contributed by atoms with Crippen molar-refractivity contribution in [3.63, 3.8) is 0 Å². The van der Waals surface area contributed by atoms with Gasteiger partial charge < -0.3 is 10.6 Å². The van der Waals surface area contributed by atoms with Gasteiger partial charge in [-0.3, -0.25) is 4.79 Å². The number of carbonyl (C=O) groups excluding carboxylic acids is 1. The lowest BCUT2D eigenvalue weighted by Gasteiger charge is -2.08. The standard InChI is InChI=1S/C14H14ClN3O/c1-2-16-12-9-8-11(15)13(18-12)14(19)17-10-6-4-3-5-7-10/h3-9H,2H2,1H3,(H,16,18)(H,17,19). The fraction of sp³-hybridized carbons (Fsp3) is 0.143. The highest BCUT2D eigenvalue weighted by Crippen LogP contribution is 2.18. The van der Waals surface area contributed by atoms with E-state index in [1.54, 1.807) is 24.3 Å². The van der Waals surface area contributed by atoms with Crippen LogP contribution in [0.15, 0.2) is 42.5 Å². The number of hydrogen-bond acceptors (Lipinski definition) is 3. The van der Waals surface area contributed by atoms with E-state index in [1.165, 1.54) is 0 Å². The fourth-order valence-electron chi connectivity index (χ4n) is 1.59. The number of anilines is 2. The molecule has 1 aromatic heterocycles. The average molecular weight is 276 g/mol. The van der Waals surface area contributed by atoms with Crippen LogP contribution < -0.4 is 10.6 Å². The van der Waals surface area contributed by atoms with Gasteiger partial charge in [-0.2, -0.15) is 0 Å². The van der Waals surface area contributed by atoms with Crippen molar-refractivity contribution in [2.45, 2.75) is 6.92 Å². The van der Waals surface area contributed by atoms with Crippen molar-refractivity contribution in [3.8, 4) is 0 Å². The Balaban J connectivity index is 2.21. The fourth-order valence-corrected chi connectivity index (χ4v) is 1.78. The van der Waals surface area contributed by atoms with Gasteiger partial charge in [-0.25, -0.2) is 4.98 Å². The van der Waals surface area contributed by atoms with Crippen LogP contribution in [0.2, 0.25) is 5.02 Å². The van der Waals surface area contributed by atoms with Gasteiger partial charge in [0, 0.05) is 12.2 Å². The average Bonchev–Trinajstić information content (AvgIpc) is 2.42. The van der Waals surface area contributed by atoms with E-state index in [9.17, 15) is 4.79 Å². The van der Waals surface area contributed by atoms with Gasteiger partial charge >= 0.3 is 0 Å². The van der Waals surface area contributed by atoms with Crippen LogP contribution in [0.3, 0.4) is 0 Å². The molecular formula is C14H14ClN3O. The smallest absolute Gasteiger partial charge is 0.275 e. The molecule has 0 spiro atoms. The third-order valence-electron chi connectivity index (χ3n) is 2.45. The molecule has 5 heteroatoms. The molecule has 2 N–H and O–H groups in total. The molecule has 0 unspecified atom stereocenters. The van der Waals surface area contributed by atoms with E-state index in [0.29, 0.717) is 16.5 Å². The van der Waals surface area contributed by atoms with Crippen molar-refractivity contribution in [1.82, 2.24) is 4.98 Å². The minimum Gasteiger partial charge on any atom is -0.370 e. The van der Waals surface area contributed by atoms with Crippen LogP contribution in [0, 0.1) is 0 Å². The number of benzene rings is 1. The molecular weight excluding hydrogens is 262 g/mol. The third-order valence-corrected chi connectivity index (χ3v) is 2.76. The predicted octanol–water partition coefficient (Wildman–Crippen LogP) is 3.42. The summed E-state index contributed by atoms with van der Waals surface area (Å²) in [6.45, 7) is 2.69. The SMILES string of the molecule is CCNc1ccc(Cl)c(C(=O)Nc2ccccc2)n1. The van der Waals surface area contributed by atoms with Crippen molar-refractivity contribution in [2.24, 2.45) is 0 Å². The summed E-state index contributed by atoms with van der Waals surface area (Å²) in [6, 6.07) is 12.6. The van der Waals surface area contributed by atoms with E-state index in [0.717, 1.165) is 6.54 Å². The zero-order valence-electron chi connectivity index (χ0n) is 10.5. The van der Waals surface area contributed by atoms with Crippen LogP contribution in [0.25, 0.3) is 0 Å². The number of pyridine rings is 1. The summed E-state index contributed by atoms with van der Waals surface area (Å²) in [5.41, 5.74) is 0.920. The highest BCUT2D eigenvalue weighted by Gasteiger charge is 2.13. The number of hydrogen-bond donors (Lipinski definition) is 2. The van der Waals surface area contributed by atoms with E-state index in [1.807, 2.05) is 25.1 Å². The number of amides is 1. The lowest BCUT2D eigenvalue weighted by atomic mass is 10.3. The van der Waals surface area contributed by atoms with Crippen LogP contribution in [-0.4, -0.2) is 17.4 Å². The molecule has 19 heavy (non-hydrogen) atoms. The minimum atomic E-state index is -0.323. The van der Waals surface area contributed by atoms with Crippen molar-refractivity contribution in [3.05, 3.63) is 53.2 Å². The predicted molar refractivity (Wildman–Crippen MR) is 77.8 cm³/mol. The summed E-state index contributed by atoms with van der Waals surface area (Å²) < 4.78 is 0. The van der Waals surface area contributed by atoms with Gasteiger partial charge in [0.25, 0.3) is 5.91 Å². The quantitative estimate of drug-likeness (QED) is 0.899. The summed E-state index contributed by atoms with van der Waals surface area (Å²) >= 11 is 6.01. The molecule has 0 fully saturated rings. The summed E-state index contributed by atoms with van der Waals surface area (Å²) in [7, 11) is 0. The first-order valence-corrected chi connectivity index (χ1v) is 6.35. The van der Waals surface area contributed by atoms with Gasteiger partial charge in [-0.05, 0) is 31.2 Å². The Kier molecular flexibility index (Phi) is 4.36. The van der Waals surface area contributed by atoms with Crippen LogP contribution >= 0.6 is 11.6 Å². The first-order valence-electron chi connectivity index (χ1n) is 5.97. The van der Waals surface area contributed by atoms with Gasteiger partial charge in [0.05, 0.1) is 5.02 Å². The monoisotopic (exact) mass is 275 g/mol. The number of para-hydroxylation sites is 1. The van der Waals surface area contributed by atoms with E-state index in [4.69, 9.17) is 11.6 Å². The van der Waals surface area contributed by atoms with Crippen molar-refractivity contribution in [2.75, 3.05) is 17.2 Å². The molecule has 0 aliphatic rings. The molecule has 1 amide bonds. The van der Waals surface area contributed by atoms with Gasteiger partial charge in [0.2, 0.25) is 0 Å². The maximum Gasteiger partial charge on any atom is 0.275 e. The van der Waals surface area contributed by atoms with Crippen molar-refractivity contribution < 1.29 is 4.79 Å². The molecule has 0 saturated carbocycles. The number of carbonyl (C=O) groups is 1. The lowest BCUT2D eigenvalue weighted by molar-refractivity contribution is 0.102. The topological polar surface area (TPSA) is 54.0 Å². The van der Waals surface area contributed by atoms with Crippen molar-refractivity contribution in [1.29, 1.82) is 0 Å². The van der Waals surface area contributed by atoms with Crippen LogP contribution in [0.5, 0.6) is 0 Å². The van der Waals surface area contributed by atoms with Gasteiger partial charge in [0.15, 0.2) is 0 Å². The molecule has 0 aliphatic heterocycles. The Morgan fingerprint density at radius 2 is 1.95 bits per heavy atom. The van der Waals surface area contributed by atoms with Crippen LogP contribution in [0.4, 0.5) is 11.5 Å². The van der Waals surface area contributed by atoms with E-state index >= 15 is 0 Å². The second-order valence-electron chi connectivity index (χ2n) is 3.88. The first kappa shape index (κ1) is 13.4. The third kappa shape index (κ3) is 3.45. The Labute approximate surface area is 116 Å². The number of nitrogens with zero attached hydrogens (tertiary/aromatic N) is 1. The lowest BCUT2D eigenvalue weighted by Crippen LogP contribution is -2.15. The Morgan fingerprint density at radius 1 is 1.21 bits per heavy atom. The molecule has 0 atom stereocenters.